The lowest BCUT2D eigenvalue weighted by molar-refractivity contribution is 0.262. The Labute approximate surface area is 124 Å². The lowest BCUT2D eigenvalue weighted by Crippen LogP contribution is -2.22. The summed E-state index contributed by atoms with van der Waals surface area (Å²) in [6.07, 6.45) is 7.29. The quantitative estimate of drug-likeness (QED) is 0.783. The number of nitrogens with zero attached hydrogens (tertiary/aromatic N) is 3. The van der Waals surface area contributed by atoms with Gasteiger partial charge < -0.3 is 9.55 Å². The smallest absolute Gasteiger partial charge is 0.0948 e. The SMILES string of the molecule is Cc1ccc2c(CN3CCCn4cncc4C3)c[nH]c2c1. The Kier molecular flexibility index (Phi) is 3.04. The second kappa shape index (κ2) is 5.04. The highest BCUT2D eigenvalue weighted by molar-refractivity contribution is 5.83. The molecule has 108 valence electrons. The van der Waals surface area contributed by atoms with E-state index in [1.165, 1.54) is 34.1 Å². The van der Waals surface area contributed by atoms with Gasteiger partial charge >= 0.3 is 0 Å². The number of aryl methyl sites for hydroxylation is 2. The van der Waals surface area contributed by atoms with E-state index in [1.54, 1.807) is 0 Å². The van der Waals surface area contributed by atoms with Gasteiger partial charge in [0.05, 0.1) is 12.0 Å². The molecule has 21 heavy (non-hydrogen) atoms. The molecule has 2 aromatic heterocycles. The number of aromatic nitrogens is 3. The van der Waals surface area contributed by atoms with Crippen molar-refractivity contribution < 1.29 is 0 Å². The zero-order valence-electron chi connectivity index (χ0n) is 12.3. The average Bonchev–Trinajstić information content (AvgIpc) is 3.02. The van der Waals surface area contributed by atoms with E-state index >= 15 is 0 Å². The Bertz CT molecular complexity index is 768. The Morgan fingerprint density at radius 2 is 2.24 bits per heavy atom. The van der Waals surface area contributed by atoms with Gasteiger partial charge in [0.15, 0.2) is 0 Å². The fourth-order valence-corrected chi connectivity index (χ4v) is 3.26. The van der Waals surface area contributed by atoms with Crippen LogP contribution < -0.4 is 0 Å². The molecule has 1 aliphatic rings. The summed E-state index contributed by atoms with van der Waals surface area (Å²) in [6.45, 7) is 6.34. The van der Waals surface area contributed by atoms with Crippen molar-refractivity contribution in [2.75, 3.05) is 6.54 Å². The van der Waals surface area contributed by atoms with Crippen LogP contribution in [0.25, 0.3) is 10.9 Å². The van der Waals surface area contributed by atoms with E-state index in [-0.39, 0.29) is 0 Å². The summed E-state index contributed by atoms with van der Waals surface area (Å²) < 4.78 is 2.28. The molecule has 0 spiro atoms. The minimum Gasteiger partial charge on any atom is -0.361 e. The Balaban J connectivity index is 1.60. The van der Waals surface area contributed by atoms with Crippen LogP contribution in [0.2, 0.25) is 0 Å². The van der Waals surface area contributed by atoms with Gasteiger partial charge in [0.25, 0.3) is 0 Å². The highest BCUT2D eigenvalue weighted by Gasteiger charge is 2.15. The van der Waals surface area contributed by atoms with E-state index in [0.29, 0.717) is 0 Å². The van der Waals surface area contributed by atoms with Crippen LogP contribution in [0.5, 0.6) is 0 Å². The largest absolute Gasteiger partial charge is 0.361 e. The molecular formula is C17H20N4. The number of hydrogen-bond donors (Lipinski definition) is 1. The lowest BCUT2D eigenvalue weighted by Gasteiger charge is -2.19. The summed E-state index contributed by atoms with van der Waals surface area (Å²) in [5.74, 6) is 0. The summed E-state index contributed by atoms with van der Waals surface area (Å²) in [4.78, 5) is 10.2. The fraction of sp³-hybridized carbons (Fsp3) is 0.353. The predicted molar refractivity (Wildman–Crippen MR) is 84.0 cm³/mol. The van der Waals surface area contributed by atoms with Crippen LogP contribution in [-0.2, 0) is 19.6 Å². The molecule has 1 N–H and O–H groups in total. The number of fused-ring (bicyclic) bond motifs is 2. The highest BCUT2D eigenvalue weighted by Crippen LogP contribution is 2.22. The van der Waals surface area contributed by atoms with Crippen LogP contribution in [0.15, 0.2) is 36.9 Å². The maximum absolute atomic E-state index is 4.27. The molecule has 0 amide bonds. The van der Waals surface area contributed by atoms with Gasteiger partial charge in [-0.25, -0.2) is 4.98 Å². The number of imidazole rings is 1. The summed E-state index contributed by atoms with van der Waals surface area (Å²) in [5, 5.41) is 1.35. The van der Waals surface area contributed by atoms with E-state index in [1.807, 2.05) is 12.5 Å². The van der Waals surface area contributed by atoms with Crippen LogP contribution >= 0.6 is 0 Å². The van der Waals surface area contributed by atoms with Gasteiger partial charge in [-0.1, -0.05) is 12.1 Å². The third-order valence-electron chi connectivity index (χ3n) is 4.37. The predicted octanol–water partition coefficient (Wildman–Crippen LogP) is 3.08. The van der Waals surface area contributed by atoms with Crippen molar-refractivity contribution in [2.45, 2.75) is 33.0 Å². The van der Waals surface area contributed by atoms with Crippen molar-refractivity contribution >= 4 is 10.9 Å². The first-order valence-electron chi connectivity index (χ1n) is 7.57. The van der Waals surface area contributed by atoms with E-state index in [9.17, 15) is 0 Å². The molecule has 0 unspecified atom stereocenters. The van der Waals surface area contributed by atoms with Crippen molar-refractivity contribution in [2.24, 2.45) is 0 Å². The molecule has 0 fully saturated rings. The molecule has 4 heteroatoms. The molecule has 4 rings (SSSR count). The van der Waals surface area contributed by atoms with Gasteiger partial charge in [-0.05, 0) is 30.5 Å². The third-order valence-corrected chi connectivity index (χ3v) is 4.37. The number of nitrogens with one attached hydrogen (secondary N) is 1. The zero-order valence-corrected chi connectivity index (χ0v) is 12.3. The monoisotopic (exact) mass is 280 g/mol. The minimum absolute atomic E-state index is 0.985. The van der Waals surface area contributed by atoms with Crippen LogP contribution in [0.1, 0.15) is 23.2 Å². The first kappa shape index (κ1) is 12.7. The number of H-pyrrole nitrogens is 1. The molecule has 4 nitrogen and oxygen atoms in total. The second-order valence-corrected chi connectivity index (χ2v) is 6.01. The molecule has 0 radical (unpaired) electrons. The number of benzene rings is 1. The lowest BCUT2D eigenvalue weighted by atomic mass is 10.1. The molecule has 0 bridgehead atoms. The van der Waals surface area contributed by atoms with Gasteiger partial charge in [0.2, 0.25) is 0 Å². The van der Waals surface area contributed by atoms with Crippen LogP contribution in [0.3, 0.4) is 0 Å². The molecule has 3 aromatic rings. The van der Waals surface area contributed by atoms with E-state index < -0.39 is 0 Å². The topological polar surface area (TPSA) is 36.9 Å². The maximum Gasteiger partial charge on any atom is 0.0948 e. The summed E-state index contributed by atoms with van der Waals surface area (Å²) >= 11 is 0. The highest BCUT2D eigenvalue weighted by atomic mass is 15.2. The van der Waals surface area contributed by atoms with E-state index in [2.05, 4.69) is 50.8 Å². The number of hydrogen-bond acceptors (Lipinski definition) is 2. The molecule has 0 saturated carbocycles. The van der Waals surface area contributed by atoms with Crippen LogP contribution in [0.4, 0.5) is 0 Å². The molecule has 1 aromatic carbocycles. The van der Waals surface area contributed by atoms with Crippen LogP contribution in [0, 0.1) is 6.92 Å². The van der Waals surface area contributed by atoms with Gasteiger partial charge in [-0.2, -0.15) is 0 Å². The zero-order chi connectivity index (χ0) is 14.2. The van der Waals surface area contributed by atoms with Crippen molar-refractivity contribution in [1.82, 2.24) is 19.4 Å². The standard InChI is InChI=1S/C17H20N4/c1-13-3-4-16-14(8-19-17(16)7-13)10-20-5-2-6-21-12-18-9-15(21)11-20/h3-4,7-9,12,19H,2,5-6,10-11H2,1H3. The van der Waals surface area contributed by atoms with Crippen molar-refractivity contribution in [3.05, 3.63) is 53.7 Å². The molecule has 3 heterocycles. The average molecular weight is 280 g/mol. The van der Waals surface area contributed by atoms with Crippen LogP contribution in [-0.4, -0.2) is 26.0 Å². The molecule has 0 atom stereocenters. The van der Waals surface area contributed by atoms with Crippen molar-refractivity contribution in [1.29, 1.82) is 0 Å². The van der Waals surface area contributed by atoms with E-state index in [0.717, 1.165) is 26.2 Å². The van der Waals surface area contributed by atoms with Gasteiger partial charge in [-0.15, -0.1) is 0 Å². The number of rotatable bonds is 2. The molecular weight excluding hydrogens is 260 g/mol. The van der Waals surface area contributed by atoms with Gasteiger partial charge in [-0.3, -0.25) is 4.90 Å². The van der Waals surface area contributed by atoms with Gasteiger partial charge in [0, 0.05) is 49.5 Å². The third kappa shape index (κ3) is 2.36. The molecule has 0 saturated heterocycles. The molecule has 1 aliphatic heterocycles. The van der Waals surface area contributed by atoms with Gasteiger partial charge in [0.1, 0.15) is 0 Å². The van der Waals surface area contributed by atoms with E-state index in [4.69, 9.17) is 0 Å². The summed E-state index contributed by atoms with van der Waals surface area (Å²) in [6, 6.07) is 6.64. The first-order chi connectivity index (χ1) is 10.3. The summed E-state index contributed by atoms with van der Waals surface area (Å²) in [7, 11) is 0. The Morgan fingerprint density at radius 3 is 3.19 bits per heavy atom. The fourth-order valence-electron chi connectivity index (χ4n) is 3.26. The number of aromatic amines is 1. The second-order valence-electron chi connectivity index (χ2n) is 6.01. The Morgan fingerprint density at radius 1 is 1.29 bits per heavy atom. The van der Waals surface area contributed by atoms with Crippen molar-refractivity contribution in [3.63, 3.8) is 0 Å². The minimum atomic E-state index is 0.985. The maximum atomic E-state index is 4.27. The molecule has 0 aliphatic carbocycles. The Hall–Kier alpha value is -2.07. The normalized spacial score (nSPS) is 16.0. The van der Waals surface area contributed by atoms with Crippen molar-refractivity contribution in [3.8, 4) is 0 Å². The first-order valence-corrected chi connectivity index (χ1v) is 7.57. The summed E-state index contributed by atoms with van der Waals surface area (Å²) in [5.41, 5.74) is 5.25.